The normalized spacial score (nSPS) is 21.0. The van der Waals surface area contributed by atoms with Crippen LogP contribution in [0.25, 0.3) is 11.1 Å². The van der Waals surface area contributed by atoms with E-state index < -0.39 is 16.1 Å². The number of hydrogen-bond acceptors (Lipinski definition) is 5. The summed E-state index contributed by atoms with van der Waals surface area (Å²) >= 11 is 0. The highest BCUT2D eigenvalue weighted by atomic mass is 32.2. The van der Waals surface area contributed by atoms with Crippen molar-refractivity contribution in [2.75, 3.05) is 17.6 Å². The molecule has 1 aliphatic heterocycles. The summed E-state index contributed by atoms with van der Waals surface area (Å²) in [7, 11) is -3.40. The van der Waals surface area contributed by atoms with E-state index in [0.29, 0.717) is 43.0 Å². The number of sulfonamides is 1. The van der Waals surface area contributed by atoms with Crippen molar-refractivity contribution in [3.8, 4) is 0 Å². The first-order valence-electron chi connectivity index (χ1n) is 9.69. The van der Waals surface area contributed by atoms with Gasteiger partial charge in [0.1, 0.15) is 11.6 Å². The van der Waals surface area contributed by atoms with Crippen molar-refractivity contribution in [1.82, 2.24) is 9.29 Å². The van der Waals surface area contributed by atoms with Crippen LogP contribution < -0.4 is 5.32 Å². The Kier molecular flexibility index (Phi) is 4.94. The van der Waals surface area contributed by atoms with Crippen LogP contribution in [0.5, 0.6) is 0 Å². The zero-order chi connectivity index (χ0) is 19.0. The molecular formula is C19H25N3O4S. The number of unbranched alkanes of at least 4 members (excludes halogenated alkanes) is 1. The summed E-state index contributed by atoms with van der Waals surface area (Å²) in [6.45, 7) is 2.37. The summed E-state index contributed by atoms with van der Waals surface area (Å²) in [6, 6.07) is 4.73. The molecule has 0 spiro atoms. The Hall–Kier alpha value is -1.93. The molecule has 2 fully saturated rings. The molecule has 2 aliphatic rings. The number of benzene rings is 1. The predicted octanol–water partition coefficient (Wildman–Crippen LogP) is 3.24. The monoisotopic (exact) mass is 391 g/mol. The fourth-order valence-corrected chi connectivity index (χ4v) is 5.41. The average molecular weight is 391 g/mol. The third-order valence-electron chi connectivity index (χ3n) is 5.22. The molecule has 1 aromatic heterocycles. The number of oxazole rings is 1. The molecule has 1 saturated heterocycles. The molecule has 4 rings (SSSR count). The van der Waals surface area contributed by atoms with Gasteiger partial charge in [0.2, 0.25) is 15.9 Å². The summed E-state index contributed by atoms with van der Waals surface area (Å²) in [6.07, 6.45) is 4.90. The molecule has 0 bridgehead atoms. The number of carbonyl (C=O) groups is 1. The number of carbonyl (C=O) groups excluding carboxylic acids is 1. The first-order valence-corrected chi connectivity index (χ1v) is 11.3. The zero-order valence-corrected chi connectivity index (χ0v) is 16.3. The molecule has 0 radical (unpaired) electrons. The first kappa shape index (κ1) is 18.4. The number of hydrogen-bond donors (Lipinski definition) is 1. The Morgan fingerprint density at radius 2 is 2.15 bits per heavy atom. The topological polar surface area (TPSA) is 92.5 Å². The van der Waals surface area contributed by atoms with Crippen LogP contribution >= 0.6 is 0 Å². The minimum absolute atomic E-state index is 0.0985. The standard InChI is InChI=1S/C19H25N3O4S/c1-2-3-11-27(24,25)22-10-4-5-16(22)18(23)20-14-8-9-15-17(12-14)26-19(21-15)13-6-7-13/h8-9,12-13,16H,2-7,10-11H2,1H3,(H,20,23). The van der Waals surface area contributed by atoms with E-state index in [9.17, 15) is 13.2 Å². The molecule has 1 amide bonds. The summed E-state index contributed by atoms with van der Waals surface area (Å²) in [5.41, 5.74) is 2.02. The Morgan fingerprint density at radius 3 is 2.89 bits per heavy atom. The molecule has 1 aliphatic carbocycles. The van der Waals surface area contributed by atoms with Gasteiger partial charge in [-0.05, 0) is 44.2 Å². The van der Waals surface area contributed by atoms with Crippen molar-refractivity contribution in [3.05, 3.63) is 24.1 Å². The third kappa shape index (κ3) is 3.87. The Labute approximate surface area is 159 Å². The lowest BCUT2D eigenvalue weighted by atomic mass is 10.2. The van der Waals surface area contributed by atoms with E-state index in [0.717, 1.165) is 30.7 Å². The van der Waals surface area contributed by atoms with E-state index in [1.807, 2.05) is 13.0 Å². The van der Waals surface area contributed by atoms with Crippen LogP contribution in [-0.4, -0.2) is 42.0 Å². The second-order valence-electron chi connectivity index (χ2n) is 7.44. The number of fused-ring (bicyclic) bond motifs is 1. The molecule has 1 aromatic carbocycles. The van der Waals surface area contributed by atoms with E-state index in [1.54, 1.807) is 12.1 Å². The van der Waals surface area contributed by atoms with E-state index in [2.05, 4.69) is 10.3 Å². The number of rotatable bonds is 7. The smallest absolute Gasteiger partial charge is 0.242 e. The molecule has 1 atom stereocenters. The van der Waals surface area contributed by atoms with Crippen molar-refractivity contribution in [2.45, 2.75) is 57.4 Å². The lowest BCUT2D eigenvalue weighted by Gasteiger charge is -2.23. The van der Waals surface area contributed by atoms with Crippen molar-refractivity contribution in [3.63, 3.8) is 0 Å². The second kappa shape index (κ2) is 7.24. The van der Waals surface area contributed by atoms with Gasteiger partial charge in [0.25, 0.3) is 0 Å². The van der Waals surface area contributed by atoms with Gasteiger partial charge in [-0.15, -0.1) is 0 Å². The van der Waals surface area contributed by atoms with Crippen LogP contribution in [-0.2, 0) is 14.8 Å². The van der Waals surface area contributed by atoms with Crippen LogP contribution in [0.3, 0.4) is 0 Å². The van der Waals surface area contributed by atoms with Gasteiger partial charge in [-0.3, -0.25) is 4.79 Å². The van der Waals surface area contributed by atoms with Gasteiger partial charge >= 0.3 is 0 Å². The molecule has 1 saturated carbocycles. The Morgan fingerprint density at radius 1 is 1.33 bits per heavy atom. The summed E-state index contributed by atoms with van der Waals surface area (Å²) in [5.74, 6) is 1.00. The molecule has 1 N–H and O–H groups in total. The number of nitrogens with zero attached hydrogens (tertiary/aromatic N) is 2. The van der Waals surface area contributed by atoms with Gasteiger partial charge < -0.3 is 9.73 Å². The minimum Gasteiger partial charge on any atom is -0.440 e. The van der Waals surface area contributed by atoms with Crippen LogP contribution in [0.2, 0.25) is 0 Å². The maximum Gasteiger partial charge on any atom is 0.242 e. The van der Waals surface area contributed by atoms with E-state index >= 15 is 0 Å². The van der Waals surface area contributed by atoms with E-state index in [-0.39, 0.29) is 11.7 Å². The van der Waals surface area contributed by atoms with Gasteiger partial charge in [-0.25, -0.2) is 13.4 Å². The highest BCUT2D eigenvalue weighted by molar-refractivity contribution is 7.89. The van der Waals surface area contributed by atoms with Crippen LogP contribution in [0.15, 0.2) is 22.6 Å². The lowest BCUT2D eigenvalue weighted by Crippen LogP contribution is -2.44. The van der Waals surface area contributed by atoms with Gasteiger partial charge in [-0.1, -0.05) is 13.3 Å². The molecular weight excluding hydrogens is 366 g/mol. The van der Waals surface area contributed by atoms with Crippen LogP contribution in [0, 0.1) is 0 Å². The summed E-state index contributed by atoms with van der Waals surface area (Å²) in [4.78, 5) is 17.2. The lowest BCUT2D eigenvalue weighted by molar-refractivity contribution is -0.119. The second-order valence-corrected chi connectivity index (χ2v) is 9.48. The minimum atomic E-state index is -3.40. The zero-order valence-electron chi connectivity index (χ0n) is 15.5. The van der Waals surface area contributed by atoms with Gasteiger partial charge in [0.15, 0.2) is 11.5 Å². The highest BCUT2D eigenvalue weighted by Gasteiger charge is 2.38. The van der Waals surface area contributed by atoms with Gasteiger partial charge in [0, 0.05) is 24.2 Å². The first-order chi connectivity index (χ1) is 13.0. The maximum atomic E-state index is 12.7. The SMILES string of the molecule is CCCCS(=O)(=O)N1CCCC1C(=O)Nc1ccc2nc(C3CC3)oc2c1. The summed E-state index contributed by atoms with van der Waals surface area (Å²) < 4.78 is 32.2. The van der Waals surface area contributed by atoms with Crippen molar-refractivity contribution in [2.24, 2.45) is 0 Å². The van der Waals surface area contributed by atoms with E-state index in [4.69, 9.17) is 4.42 Å². The quantitative estimate of drug-likeness (QED) is 0.782. The molecule has 2 heterocycles. The fourth-order valence-electron chi connectivity index (χ4n) is 3.53. The summed E-state index contributed by atoms with van der Waals surface area (Å²) in [5, 5.41) is 2.86. The predicted molar refractivity (Wildman–Crippen MR) is 103 cm³/mol. The van der Waals surface area contributed by atoms with Crippen LogP contribution in [0.1, 0.15) is 57.3 Å². The Balaban J connectivity index is 1.48. The number of aromatic nitrogens is 1. The van der Waals surface area contributed by atoms with E-state index in [1.165, 1.54) is 4.31 Å². The number of anilines is 1. The maximum absolute atomic E-state index is 12.7. The molecule has 146 valence electrons. The number of nitrogens with one attached hydrogen (secondary N) is 1. The van der Waals surface area contributed by atoms with Gasteiger partial charge in [0.05, 0.1) is 5.75 Å². The molecule has 7 nitrogen and oxygen atoms in total. The molecule has 8 heteroatoms. The van der Waals surface area contributed by atoms with Crippen molar-refractivity contribution < 1.29 is 17.6 Å². The Bertz CT molecular complexity index is 949. The van der Waals surface area contributed by atoms with Gasteiger partial charge in [-0.2, -0.15) is 4.31 Å². The number of amides is 1. The largest absolute Gasteiger partial charge is 0.440 e. The highest BCUT2D eigenvalue weighted by Crippen LogP contribution is 2.40. The molecule has 27 heavy (non-hydrogen) atoms. The van der Waals surface area contributed by atoms with Crippen molar-refractivity contribution >= 4 is 32.7 Å². The molecule has 1 unspecified atom stereocenters. The van der Waals surface area contributed by atoms with Crippen molar-refractivity contribution in [1.29, 1.82) is 0 Å². The molecule has 2 aromatic rings. The van der Waals surface area contributed by atoms with Crippen LogP contribution in [0.4, 0.5) is 5.69 Å². The average Bonchev–Trinajstić information content (AvgIpc) is 3.20. The third-order valence-corrected chi connectivity index (χ3v) is 7.17. The fraction of sp³-hybridized carbons (Fsp3) is 0.579.